The average Bonchev–Trinajstić information content (AvgIpc) is 2.75. The van der Waals surface area contributed by atoms with Gasteiger partial charge >= 0.3 is 0 Å². The number of nitrogens with one attached hydrogen (secondary N) is 2. The zero-order chi connectivity index (χ0) is 21.1. The number of rotatable bonds is 5. The number of carbonyl (C=O) groups is 1. The van der Waals surface area contributed by atoms with E-state index in [4.69, 9.17) is 9.47 Å². The van der Waals surface area contributed by atoms with Gasteiger partial charge in [-0.3, -0.25) is 9.52 Å². The molecule has 0 radical (unpaired) electrons. The van der Waals surface area contributed by atoms with Gasteiger partial charge in [-0.15, -0.1) is 0 Å². The first-order valence-corrected chi connectivity index (χ1v) is 10.8. The molecule has 3 aromatic rings. The fraction of sp³-hybridized carbons (Fsp3) is 0.136. The van der Waals surface area contributed by atoms with Crippen LogP contribution in [0, 0.1) is 6.92 Å². The first-order chi connectivity index (χ1) is 14.4. The predicted octanol–water partition coefficient (Wildman–Crippen LogP) is 3.57. The van der Waals surface area contributed by atoms with Crippen molar-refractivity contribution in [2.75, 3.05) is 16.6 Å². The van der Waals surface area contributed by atoms with Crippen molar-refractivity contribution in [3.05, 3.63) is 78.4 Å². The molecule has 0 spiro atoms. The smallest absolute Gasteiger partial charge is 0.269 e. The van der Waals surface area contributed by atoms with Crippen molar-refractivity contribution in [1.29, 1.82) is 0 Å². The lowest BCUT2D eigenvalue weighted by molar-refractivity contribution is -0.125. The fourth-order valence-corrected chi connectivity index (χ4v) is 3.98. The predicted molar refractivity (Wildman–Crippen MR) is 113 cm³/mol. The second-order valence-corrected chi connectivity index (χ2v) is 8.53. The molecule has 1 heterocycles. The van der Waals surface area contributed by atoms with E-state index in [1.165, 1.54) is 24.3 Å². The highest BCUT2D eigenvalue weighted by atomic mass is 32.2. The number of anilines is 2. The average molecular weight is 424 g/mol. The van der Waals surface area contributed by atoms with E-state index in [1.54, 1.807) is 30.3 Å². The molecule has 0 saturated carbocycles. The lowest BCUT2D eigenvalue weighted by atomic mass is 10.2. The third kappa shape index (κ3) is 4.38. The summed E-state index contributed by atoms with van der Waals surface area (Å²) in [7, 11) is -3.73. The number of amides is 1. The molecule has 154 valence electrons. The van der Waals surface area contributed by atoms with Crippen LogP contribution in [0.2, 0.25) is 0 Å². The molecule has 0 fully saturated rings. The van der Waals surface area contributed by atoms with Crippen LogP contribution in [0.5, 0.6) is 11.5 Å². The summed E-state index contributed by atoms with van der Waals surface area (Å²) in [6.07, 6.45) is -0.800. The molecule has 1 aliphatic heterocycles. The third-order valence-electron chi connectivity index (χ3n) is 4.54. The Morgan fingerprint density at radius 3 is 2.23 bits per heavy atom. The van der Waals surface area contributed by atoms with Crippen LogP contribution in [-0.2, 0) is 14.8 Å². The molecule has 1 atom stereocenters. The Kier molecular flexibility index (Phi) is 5.33. The molecule has 1 unspecified atom stereocenters. The van der Waals surface area contributed by atoms with Crippen molar-refractivity contribution in [2.45, 2.75) is 17.9 Å². The summed E-state index contributed by atoms with van der Waals surface area (Å²) < 4.78 is 38.9. The molecule has 8 heteroatoms. The van der Waals surface area contributed by atoms with Crippen LogP contribution in [0.3, 0.4) is 0 Å². The minimum Gasteiger partial charge on any atom is -0.485 e. The topological polar surface area (TPSA) is 93.7 Å². The van der Waals surface area contributed by atoms with Gasteiger partial charge in [0.2, 0.25) is 6.10 Å². The minimum atomic E-state index is -3.73. The Morgan fingerprint density at radius 1 is 0.900 bits per heavy atom. The van der Waals surface area contributed by atoms with Crippen molar-refractivity contribution in [2.24, 2.45) is 0 Å². The second kappa shape index (κ2) is 8.08. The molecule has 0 aliphatic carbocycles. The van der Waals surface area contributed by atoms with Crippen molar-refractivity contribution in [3.8, 4) is 11.5 Å². The summed E-state index contributed by atoms with van der Waals surface area (Å²) in [5.74, 6) is 0.725. The van der Waals surface area contributed by atoms with Gasteiger partial charge in [0.15, 0.2) is 11.5 Å². The first kappa shape index (κ1) is 19.8. The normalized spacial score (nSPS) is 15.3. The van der Waals surface area contributed by atoms with Gasteiger partial charge < -0.3 is 14.8 Å². The van der Waals surface area contributed by atoms with Gasteiger partial charge in [0.1, 0.15) is 6.61 Å². The second-order valence-electron chi connectivity index (χ2n) is 6.85. The largest absolute Gasteiger partial charge is 0.485 e. The minimum absolute atomic E-state index is 0.0900. The van der Waals surface area contributed by atoms with Gasteiger partial charge in [-0.05, 0) is 55.5 Å². The van der Waals surface area contributed by atoms with Gasteiger partial charge in [0.25, 0.3) is 15.9 Å². The monoisotopic (exact) mass is 424 g/mol. The highest BCUT2D eigenvalue weighted by molar-refractivity contribution is 7.92. The molecule has 4 rings (SSSR count). The molecular weight excluding hydrogens is 404 g/mol. The first-order valence-electron chi connectivity index (χ1n) is 9.30. The standard InChI is InChI=1S/C22H20N2O5S/c1-15-6-8-17(9-7-15)24-30(26,27)18-12-10-16(11-13-18)23-22(25)21-14-28-19-4-2-3-5-20(19)29-21/h2-13,21,24H,14H2,1H3,(H,23,25). The van der Waals surface area contributed by atoms with E-state index in [-0.39, 0.29) is 17.4 Å². The van der Waals surface area contributed by atoms with Crippen LogP contribution in [0.4, 0.5) is 11.4 Å². The zero-order valence-corrected chi connectivity index (χ0v) is 17.0. The van der Waals surface area contributed by atoms with Crippen molar-refractivity contribution in [3.63, 3.8) is 0 Å². The summed E-state index contributed by atoms with van der Waals surface area (Å²) in [5.41, 5.74) is 1.97. The van der Waals surface area contributed by atoms with E-state index < -0.39 is 16.1 Å². The van der Waals surface area contributed by atoms with Crippen molar-refractivity contribution < 1.29 is 22.7 Å². The maximum Gasteiger partial charge on any atom is 0.269 e. The molecule has 0 saturated heterocycles. The van der Waals surface area contributed by atoms with Crippen molar-refractivity contribution >= 4 is 27.3 Å². The number of ether oxygens (including phenoxy) is 2. The molecule has 0 aromatic heterocycles. The van der Waals surface area contributed by atoms with Crippen LogP contribution in [0.1, 0.15) is 5.56 Å². The number of benzene rings is 3. The molecule has 3 aromatic carbocycles. The summed E-state index contributed by atoms with van der Waals surface area (Å²) in [6.45, 7) is 2.02. The molecule has 1 amide bonds. The molecule has 2 N–H and O–H groups in total. The number of hydrogen-bond acceptors (Lipinski definition) is 5. The fourth-order valence-electron chi connectivity index (χ4n) is 2.92. The van der Waals surface area contributed by atoms with E-state index in [0.29, 0.717) is 22.9 Å². The van der Waals surface area contributed by atoms with Crippen LogP contribution < -0.4 is 19.5 Å². The summed E-state index contributed by atoms with van der Waals surface area (Å²) >= 11 is 0. The van der Waals surface area contributed by atoms with Gasteiger partial charge in [0.05, 0.1) is 4.90 Å². The number of hydrogen-bond donors (Lipinski definition) is 2. The SMILES string of the molecule is Cc1ccc(NS(=O)(=O)c2ccc(NC(=O)C3COc4ccccc4O3)cc2)cc1. The Hall–Kier alpha value is -3.52. The van der Waals surface area contributed by atoms with Gasteiger partial charge in [0, 0.05) is 11.4 Å². The number of para-hydroxylation sites is 2. The number of sulfonamides is 1. The Bertz CT molecular complexity index is 1160. The lowest BCUT2D eigenvalue weighted by Gasteiger charge is -2.25. The Morgan fingerprint density at radius 2 is 1.53 bits per heavy atom. The third-order valence-corrected chi connectivity index (χ3v) is 5.93. The zero-order valence-electron chi connectivity index (χ0n) is 16.2. The lowest BCUT2D eigenvalue weighted by Crippen LogP contribution is -2.40. The number of aryl methyl sites for hydroxylation is 1. The van der Waals surface area contributed by atoms with Crippen LogP contribution >= 0.6 is 0 Å². The highest BCUT2D eigenvalue weighted by Crippen LogP contribution is 2.31. The van der Waals surface area contributed by atoms with Crippen molar-refractivity contribution in [1.82, 2.24) is 0 Å². The summed E-state index contributed by atoms with van der Waals surface area (Å²) in [6, 6.07) is 20.1. The summed E-state index contributed by atoms with van der Waals surface area (Å²) in [4.78, 5) is 12.6. The molecule has 1 aliphatic rings. The maximum absolute atomic E-state index is 12.5. The van der Waals surface area contributed by atoms with Crippen LogP contribution in [-0.4, -0.2) is 27.0 Å². The van der Waals surface area contributed by atoms with E-state index >= 15 is 0 Å². The highest BCUT2D eigenvalue weighted by Gasteiger charge is 2.27. The van der Waals surface area contributed by atoms with Gasteiger partial charge in [-0.2, -0.15) is 0 Å². The van der Waals surface area contributed by atoms with Crippen LogP contribution in [0.25, 0.3) is 0 Å². The maximum atomic E-state index is 12.5. The van der Waals surface area contributed by atoms with Gasteiger partial charge in [-0.25, -0.2) is 8.42 Å². The summed E-state index contributed by atoms with van der Waals surface area (Å²) in [5, 5.41) is 2.72. The molecule has 30 heavy (non-hydrogen) atoms. The van der Waals surface area contributed by atoms with Gasteiger partial charge in [-0.1, -0.05) is 29.8 Å². The Balaban J connectivity index is 1.41. The molecular formula is C22H20N2O5S. The van der Waals surface area contributed by atoms with E-state index in [2.05, 4.69) is 10.0 Å². The van der Waals surface area contributed by atoms with E-state index in [1.807, 2.05) is 25.1 Å². The quantitative estimate of drug-likeness (QED) is 0.653. The number of carbonyl (C=O) groups excluding carboxylic acids is 1. The van der Waals surface area contributed by atoms with Crippen LogP contribution in [0.15, 0.2) is 77.7 Å². The number of fused-ring (bicyclic) bond motifs is 1. The van der Waals surface area contributed by atoms with E-state index in [9.17, 15) is 13.2 Å². The van der Waals surface area contributed by atoms with E-state index in [0.717, 1.165) is 5.56 Å². The molecule has 0 bridgehead atoms. The Labute approximate surface area is 174 Å². The molecule has 7 nitrogen and oxygen atoms in total.